The molecule has 0 bridgehead atoms. The molecule has 0 saturated heterocycles. The van der Waals surface area contributed by atoms with Crippen molar-refractivity contribution in [3.63, 3.8) is 0 Å². The van der Waals surface area contributed by atoms with E-state index in [0.717, 1.165) is 13.0 Å². The lowest BCUT2D eigenvalue weighted by Crippen LogP contribution is -1.94. The van der Waals surface area contributed by atoms with Gasteiger partial charge in [0.25, 0.3) is 0 Å². The Morgan fingerprint density at radius 3 is 1.89 bits per heavy atom. The third-order valence-electron chi connectivity index (χ3n) is 0.569. The van der Waals surface area contributed by atoms with Crippen molar-refractivity contribution in [1.29, 1.82) is 0 Å². The zero-order valence-corrected chi connectivity index (χ0v) is 6.85. The Labute approximate surface area is 58.9 Å². The maximum absolute atomic E-state index is 5.16. The normalized spacial score (nSPS) is 8.89. The Hall–Kier alpha value is -0.300. The Bertz CT molecular complexity index is 48.5. The number of hydrogen-bond donors (Lipinski definition) is 1. The van der Waals surface area contributed by atoms with Crippen molar-refractivity contribution in [2.24, 2.45) is 5.73 Å². The molecule has 0 rings (SSSR count). The fourth-order valence-electron chi connectivity index (χ4n) is 0.263. The molecule has 0 amide bonds. The van der Waals surface area contributed by atoms with Gasteiger partial charge in [0.2, 0.25) is 0 Å². The molecule has 56 valence electrons. The predicted molar refractivity (Wildman–Crippen MR) is 44.5 cm³/mol. The third-order valence-corrected chi connectivity index (χ3v) is 0.569. The zero-order chi connectivity index (χ0) is 7.54. The molecule has 0 heterocycles. The summed E-state index contributed by atoms with van der Waals surface area (Å²) in [5, 5.41) is 0. The van der Waals surface area contributed by atoms with Gasteiger partial charge < -0.3 is 5.73 Å². The lowest BCUT2D eigenvalue weighted by atomic mass is 10.4. The summed E-state index contributed by atoms with van der Waals surface area (Å²) in [5.41, 5.74) is 5.16. The second-order valence-electron chi connectivity index (χ2n) is 1.85. The van der Waals surface area contributed by atoms with Gasteiger partial charge in [0.05, 0.1) is 0 Å². The highest BCUT2D eigenvalue weighted by molar-refractivity contribution is 4.76. The van der Waals surface area contributed by atoms with Gasteiger partial charge >= 0.3 is 0 Å². The molecule has 0 aromatic carbocycles. The molecule has 0 spiro atoms. The first-order chi connectivity index (χ1) is 4.33. The van der Waals surface area contributed by atoms with E-state index in [1.807, 2.05) is 13.0 Å². The van der Waals surface area contributed by atoms with Crippen LogP contribution in [-0.2, 0) is 0 Å². The van der Waals surface area contributed by atoms with E-state index in [9.17, 15) is 0 Å². The van der Waals surface area contributed by atoms with Crippen molar-refractivity contribution in [1.82, 2.24) is 0 Å². The second-order valence-corrected chi connectivity index (χ2v) is 1.85. The summed E-state index contributed by atoms with van der Waals surface area (Å²) in [6.07, 6.45) is 6.32. The third kappa shape index (κ3) is 34.3. The van der Waals surface area contributed by atoms with E-state index in [1.54, 1.807) is 0 Å². The van der Waals surface area contributed by atoms with Gasteiger partial charge in [0.15, 0.2) is 0 Å². The molecule has 0 fully saturated rings. The van der Waals surface area contributed by atoms with Gasteiger partial charge in [-0.15, -0.1) is 0 Å². The first-order valence-electron chi connectivity index (χ1n) is 3.64. The van der Waals surface area contributed by atoms with E-state index in [2.05, 4.69) is 19.9 Å². The van der Waals surface area contributed by atoms with Crippen molar-refractivity contribution in [2.45, 2.75) is 33.6 Å². The number of nitrogens with two attached hydrogens (primary N) is 1. The molecule has 1 heteroatoms. The van der Waals surface area contributed by atoms with Crippen molar-refractivity contribution in [3.05, 3.63) is 12.2 Å². The molecule has 0 aliphatic rings. The molecule has 0 aliphatic carbocycles. The van der Waals surface area contributed by atoms with Crippen LogP contribution < -0.4 is 5.73 Å². The van der Waals surface area contributed by atoms with Gasteiger partial charge in [-0.3, -0.25) is 0 Å². The molecule has 0 aliphatic heterocycles. The van der Waals surface area contributed by atoms with Crippen LogP contribution >= 0.6 is 0 Å². The van der Waals surface area contributed by atoms with Crippen LogP contribution in [0, 0.1) is 0 Å². The highest BCUT2D eigenvalue weighted by Crippen LogP contribution is 1.73. The maximum Gasteiger partial charge on any atom is -0.00426 e. The predicted octanol–water partition coefficient (Wildman–Crippen LogP) is 2.33. The molecule has 0 aromatic rings. The molecular formula is C8H19N. The van der Waals surface area contributed by atoms with Crippen LogP contribution in [-0.4, -0.2) is 6.54 Å². The van der Waals surface area contributed by atoms with Gasteiger partial charge in [-0.25, -0.2) is 0 Å². The first kappa shape index (κ1) is 11.5. The highest BCUT2D eigenvalue weighted by atomic mass is 14.5. The number of rotatable bonds is 2. The van der Waals surface area contributed by atoms with Gasteiger partial charge in [-0.05, 0) is 19.9 Å². The lowest BCUT2D eigenvalue weighted by Gasteiger charge is -1.77. The van der Waals surface area contributed by atoms with Crippen LogP contribution in [0.2, 0.25) is 0 Å². The number of hydrogen-bond acceptors (Lipinski definition) is 1. The van der Waals surface area contributed by atoms with Crippen molar-refractivity contribution in [3.8, 4) is 0 Å². The van der Waals surface area contributed by atoms with Gasteiger partial charge in [-0.1, -0.05) is 32.4 Å². The first-order valence-corrected chi connectivity index (χ1v) is 3.64. The largest absolute Gasteiger partial charge is 0.330 e. The van der Waals surface area contributed by atoms with Crippen molar-refractivity contribution >= 4 is 0 Å². The van der Waals surface area contributed by atoms with Crippen LogP contribution in [0.25, 0.3) is 0 Å². The molecule has 0 radical (unpaired) electrons. The SMILES string of the molecule is C/C=C\CCN.CCC. The fourth-order valence-corrected chi connectivity index (χ4v) is 0.263. The Morgan fingerprint density at radius 2 is 1.78 bits per heavy atom. The summed E-state index contributed by atoms with van der Waals surface area (Å²) in [6.45, 7) is 7.01. The standard InChI is InChI=1S/C5H11N.C3H8/c1-2-3-4-5-6;1-3-2/h2-3H,4-6H2,1H3;3H2,1-2H3/b3-2-;. The van der Waals surface area contributed by atoms with Gasteiger partial charge in [-0.2, -0.15) is 0 Å². The van der Waals surface area contributed by atoms with E-state index in [1.165, 1.54) is 6.42 Å². The average molecular weight is 129 g/mol. The minimum Gasteiger partial charge on any atom is -0.330 e. The van der Waals surface area contributed by atoms with Crippen molar-refractivity contribution in [2.75, 3.05) is 6.54 Å². The summed E-state index contributed by atoms with van der Waals surface area (Å²) in [5.74, 6) is 0. The lowest BCUT2D eigenvalue weighted by molar-refractivity contribution is 1.01. The monoisotopic (exact) mass is 129 g/mol. The number of allylic oxidation sites excluding steroid dienone is 1. The quantitative estimate of drug-likeness (QED) is 0.569. The minimum atomic E-state index is 0.768. The molecule has 0 atom stereocenters. The topological polar surface area (TPSA) is 26.0 Å². The molecule has 0 unspecified atom stereocenters. The van der Waals surface area contributed by atoms with E-state index >= 15 is 0 Å². The highest BCUT2D eigenvalue weighted by Gasteiger charge is 1.64. The van der Waals surface area contributed by atoms with Crippen LogP contribution in [0.4, 0.5) is 0 Å². The Kier molecular flexibility index (Phi) is 20.0. The zero-order valence-electron chi connectivity index (χ0n) is 6.85. The summed E-state index contributed by atoms with van der Waals surface area (Å²) >= 11 is 0. The van der Waals surface area contributed by atoms with Crippen LogP contribution in [0.3, 0.4) is 0 Å². The molecule has 1 nitrogen and oxygen atoms in total. The van der Waals surface area contributed by atoms with E-state index in [4.69, 9.17) is 5.73 Å². The second kappa shape index (κ2) is 15.6. The van der Waals surface area contributed by atoms with Crippen LogP contribution in [0.5, 0.6) is 0 Å². The summed E-state index contributed by atoms with van der Waals surface area (Å²) in [6, 6.07) is 0. The van der Waals surface area contributed by atoms with Gasteiger partial charge in [0, 0.05) is 0 Å². The molecule has 0 saturated carbocycles. The van der Waals surface area contributed by atoms with E-state index in [0.29, 0.717) is 0 Å². The Morgan fingerprint density at radius 1 is 1.33 bits per heavy atom. The summed E-state index contributed by atoms with van der Waals surface area (Å²) < 4.78 is 0. The van der Waals surface area contributed by atoms with Crippen molar-refractivity contribution < 1.29 is 0 Å². The molecule has 0 aromatic heterocycles. The van der Waals surface area contributed by atoms with E-state index in [-0.39, 0.29) is 0 Å². The van der Waals surface area contributed by atoms with Crippen LogP contribution in [0.1, 0.15) is 33.6 Å². The maximum atomic E-state index is 5.16. The van der Waals surface area contributed by atoms with Crippen LogP contribution in [0.15, 0.2) is 12.2 Å². The summed E-state index contributed by atoms with van der Waals surface area (Å²) in [4.78, 5) is 0. The fraction of sp³-hybridized carbons (Fsp3) is 0.750. The summed E-state index contributed by atoms with van der Waals surface area (Å²) in [7, 11) is 0. The molecular weight excluding hydrogens is 110 g/mol. The smallest absolute Gasteiger partial charge is 0.00426 e. The average Bonchev–Trinajstić information content (AvgIpc) is 1.86. The van der Waals surface area contributed by atoms with E-state index < -0.39 is 0 Å². The molecule has 9 heavy (non-hydrogen) atoms. The van der Waals surface area contributed by atoms with Gasteiger partial charge in [0.1, 0.15) is 0 Å². The Balaban J connectivity index is 0. The molecule has 2 N–H and O–H groups in total. The minimum absolute atomic E-state index is 0.768.